The summed E-state index contributed by atoms with van der Waals surface area (Å²) in [4.78, 5) is 21.9. The molecule has 1 aromatic heterocycles. The van der Waals surface area contributed by atoms with Crippen LogP contribution in [0.2, 0.25) is 0 Å². The van der Waals surface area contributed by atoms with Crippen LogP contribution in [0.25, 0.3) is 0 Å². The zero-order valence-electron chi connectivity index (χ0n) is 8.27. The molecule has 1 aromatic rings. The lowest BCUT2D eigenvalue weighted by molar-refractivity contribution is -0.149. The highest BCUT2D eigenvalue weighted by molar-refractivity contribution is 5.93. The number of carbonyl (C=O) groups is 2. The molecule has 1 amide bonds. The summed E-state index contributed by atoms with van der Waals surface area (Å²) in [5.41, 5.74) is 0. The molecule has 0 aliphatic heterocycles. The van der Waals surface area contributed by atoms with E-state index in [1.165, 1.54) is 0 Å². The van der Waals surface area contributed by atoms with Gasteiger partial charge in [0, 0.05) is 6.07 Å². The van der Waals surface area contributed by atoms with Crippen LogP contribution in [0.1, 0.15) is 10.6 Å². The number of amides is 1. The molecule has 0 spiro atoms. The van der Waals surface area contributed by atoms with Gasteiger partial charge in [-0.05, 0) is 0 Å². The maximum absolute atomic E-state index is 12.1. The zero-order chi connectivity index (χ0) is 13.1. The van der Waals surface area contributed by atoms with Crippen LogP contribution < -0.4 is 0 Å². The van der Waals surface area contributed by atoms with E-state index in [1.54, 1.807) is 0 Å². The van der Waals surface area contributed by atoms with Crippen LogP contribution >= 0.6 is 0 Å². The van der Waals surface area contributed by atoms with Crippen molar-refractivity contribution in [1.29, 1.82) is 0 Å². The van der Waals surface area contributed by atoms with Crippen molar-refractivity contribution in [2.45, 2.75) is 6.18 Å². The van der Waals surface area contributed by atoms with Gasteiger partial charge in [0.25, 0.3) is 5.91 Å². The molecule has 9 heteroatoms. The predicted molar refractivity (Wildman–Crippen MR) is 46.1 cm³/mol. The minimum absolute atomic E-state index is 0.114. The molecule has 1 rings (SSSR count). The average molecular weight is 252 g/mol. The second kappa shape index (κ2) is 4.85. The fourth-order valence-electron chi connectivity index (χ4n) is 1.06. The number of aromatic nitrogens is 1. The molecule has 0 saturated heterocycles. The topological polar surface area (TPSA) is 83.6 Å². The summed E-state index contributed by atoms with van der Waals surface area (Å²) in [6.45, 7) is -2.74. The van der Waals surface area contributed by atoms with E-state index in [4.69, 9.17) is 5.11 Å². The standard InChI is InChI=1S/C8H7F3N2O4/c9-8(10,11)4-13(3-6(14)15)7(16)5-1-2-12-17-5/h1-2H,3-4H2,(H,14,15). The number of rotatable bonds is 4. The maximum Gasteiger partial charge on any atom is 0.406 e. The molecule has 1 N–H and O–H groups in total. The molecular formula is C8H7F3N2O4. The number of hydrogen-bond donors (Lipinski definition) is 1. The Morgan fingerprint density at radius 3 is 2.53 bits per heavy atom. The number of halogens is 3. The third-order valence-corrected chi connectivity index (χ3v) is 1.63. The van der Waals surface area contributed by atoms with E-state index in [0.29, 0.717) is 0 Å². The first-order chi connectivity index (χ1) is 7.79. The van der Waals surface area contributed by atoms with Crippen LogP contribution in [0, 0.1) is 0 Å². The molecular weight excluding hydrogens is 245 g/mol. The van der Waals surface area contributed by atoms with E-state index < -0.39 is 36.9 Å². The first kappa shape index (κ1) is 13.0. The highest BCUT2D eigenvalue weighted by Gasteiger charge is 2.35. The zero-order valence-corrected chi connectivity index (χ0v) is 8.27. The summed E-state index contributed by atoms with van der Waals surface area (Å²) < 4.78 is 40.7. The fraction of sp³-hybridized carbons (Fsp3) is 0.375. The van der Waals surface area contributed by atoms with Crippen LogP contribution in [0.3, 0.4) is 0 Å². The van der Waals surface area contributed by atoms with Crippen LogP contribution in [-0.2, 0) is 4.79 Å². The third-order valence-electron chi connectivity index (χ3n) is 1.63. The van der Waals surface area contributed by atoms with Crippen molar-refractivity contribution in [3.8, 4) is 0 Å². The van der Waals surface area contributed by atoms with Crippen LogP contribution in [0.5, 0.6) is 0 Å². The molecule has 17 heavy (non-hydrogen) atoms. The van der Waals surface area contributed by atoms with E-state index in [0.717, 1.165) is 12.3 Å². The largest absolute Gasteiger partial charge is 0.480 e. The molecule has 0 unspecified atom stereocenters. The minimum atomic E-state index is -4.69. The molecule has 6 nitrogen and oxygen atoms in total. The second-order valence-corrected chi connectivity index (χ2v) is 3.05. The Morgan fingerprint density at radius 2 is 2.12 bits per heavy atom. The molecule has 0 aliphatic rings. The number of aliphatic carboxylic acids is 1. The summed E-state index contributed by atoms with van der Waals surface area (Å²) >= 11 is 0. The van der Waals surface area contributed by atoms with Gasteiger partial charge in [0.15, 0.2) is 0 Å². The highest BCUT2D eigenvalue weighted by Crippen LogP contribution is 2.17. The number of carboxylic acid groups (broad SMARTS) is 1. The summed E-state index contributed by atoms with van der Waals surface area (Å²) in [5, 5.41) is 11.6. The van der Waals surface area contributed by atoms with E-state index in [9.17, 15) is 22.8 Å². The van der Waals surface area contributed by atoms with Crippen molar-refractivity contribution >= 4 is 11.9 Å². The van der Waals surface area contributed by atoms with Crippen LogP contribution in [0.15, 0.2) is 16.8 Å². The van der Waals surface area contributed by atoms with Gasteiger partial charge in [-0.25, -0.2) is 0 Å². The Hall–Kier alpha value is -2.06. The van der Waals surface area contributed by atoms with Gasteiger partial charge in [-0.1, -0.05) is 5.16 Å². The lowest BCUT2D eigenvalue weighted by Gasteiger charge is -2.20. The Morgan fingerprint density at radius 1 is 1.47 bits per heavy atom. The van der Waals surface area contributed by atoms with Gasteiger partial charge in [-0.15, -0.1) is 0 Å². The maximum atomic E-state index is 12.1. The monoisotopic (exact) mass is 252 g/mol. The number of alkyl halides is 3. The molecule has 1 heterocycles. The Labute approximate surface area is 92.6 Å². The second-order valence-electron chi connectivity index (χ2n) is 3.05. The first-order valence-corrected chi connectivity index (χ1v) is 4.28. The van der Waals surface area contributed by atoms with Crippen molar-refractivity contribution in [2.75, 3.05) is 13.1 Å². The molecule has 0 atom stereocenters. The Bertz CT molecular complexity index is 401. The molecule has 0 aromatic carbocycles. The van der Waals surface area contributed by atoms with Gasteiger partial charge < -0.3 is 14.5 Å². The summed E-state index contributed by atoms with van der Waals surface area (Å²) in [6.07, 6.45) is -3.62. The number of hydrogen-bond acceptors (Lipinski definition) is 4. The molecule has 0 saturated carbocycles. The van der Waals surface area contributed by atoms with Crippen molar-refractivity contribution in [1.82, 2.24) is 10.1 Å². The van der Waals surface area contributed by atoms with Crippen molar-refractivity contribution in [2.24, 2.45) is 0 Å². The molecule has 0 radical (unpaired) electrons. The van der Waals surface area contributed by atoms with Gasteiger partial charge in [-0.2, -0.15) is 13.2 Å². The van der Waals surface area contributed by atoms with E-state index in [2.05, 4.69) is 9.68 Å². The highest BCUT2D eigenvalue weighted by atomic mass is 19.4. The van der Waals surface area contributed by atoms with Crippen molar-refractivity contribution in [3.63, 3.8) is 0 Å². The molecule has 94 valence electrons. The summed E-state index contributed by atoms with van der Waals surface area (Å²) in [7, 11) is 0. The number of carbonyl (C=O) groups excluding carboxylic acids is 1. The van der Waals surface area contributed by atoms with E-state index in [1.807, 2.05) is 0 Å². The molecule has 0 aliphatic carbocycles. The van der Waals surface area contributed by atoms with Crippen molar-refractivity contribution < 1.29 is 32.4 Å². The fourth-order valence-corrected chi connectivity index (χ4v) is 1.06. The van der Waals surface area contributed by atoms with E-state index in [-0.39, 0.29) is 4.90 Å². The lowest BCUT2D eigenvalue weighted by Crippen LogP contribution is -2.41. The van der Waals surface area contributed by atoms with E-state index >= 15 is 0 Å². The normalized spacial score (nSPS) is 11.2. The minimum Gasteiger partial charge on any atom is -0.480 e. The smallest absolute Gasteiger partial charge is 0.406 e. The van der Waals surface area contributed by atoms with Crippen LogP contribution in [-0.4, -0.2) is 46.3 Å². The summed E-state index contributed by atoms with van der Waals surface area (Å²) in [6, 6.07) is 1.05. The van der Waals surface area contributed by atoms with Gasteiger partial charge in [-0.3, -0.25) is 9.59 Å². The van der Waals surface area contributed by atoms with Gasteiger partial charge in [0.2, 0.25) is 5.76 Å². The van der Waals surface area contributed by atoms with Crippen molar-refractivity contribution in [3.05, 3.63) is 18.0 Å². The lowest BCUT2D eigenvalue weighted by atomic mass is 10.3. The molecule has 0 fully saturated rings. The van der Waals surface area contributed by atoms with Crippen LogP contribution in [0.4, 0.5) is 13.2 Å². The third kappa shape index (κ3) is 4.13. The molecule has 0 bridgehead atoms. The average Bonchev–Trinajstić information content (AvgIpc) is 2.65. The SMILES string of the molecule is O=C(O)CN(CC(F)(F)F)C(=O)c1ccno1. The quantitative estimate of drug-likeness (QED) is 0.855. The Kier molecular flexibility index (Phi) is 3.71. The predicted octanol–water partition coefficient (Wildman–Crippen LogP) is 0.764. The van der Waals surface area contributed by atoms with Gasteiger partial charge >= 0.3 is 12.1 Å². The first-order valence-electron chi connectivity index (χ1n) is 4.28. The number of nitrogens with zero attached hydrogens (tertiary/aromatic N) is 2. The Balaban J connectivity index is 2.83. The summed E-state index contributed by atoms with van der Waals surface area (Å²) in [5.74, 6) is -3.18. The van der Waals surface area contributed by atoms with Gasteiger partial charge in [0.05, 0.1) is 6.20 Å². The number of carboxylic acids is 1. The van der Waals surface area contributed by atoms with Gasteiger partial charge in [0.1, 0.15) is 13.1 Å².